The second-order valence-corrected chi connectivity index (χ2v) is 5.47. The molecule has 5 nitrogen and oxygen atoms in total. The van der Waals surface area contributed by atoms with Gasteiger partial charge in [-0.15, -0.1) is 5.06 Å². The van der Waals surface area contributed by atoms with E-state index in [2.05, 4.69) is 12.2 Å². The minimum Gasteiger partial charge on any atom is -0.330 e. The standard InChI is InChI=1S/C14H17NO4/c16-11-7-8-12(17)15(11)19-14(18)13-9-5-3-1-2-4-6-10(9)13/h1-2,9-10,13H,3-8H2/b2-1+. The molecule has 0 N–H and O–H groups in total. The third-order valence-electron chi connectivity index (χ3n) is 4.29. The second kappa shape index (κ2) is 4.79. The highest BCUT2D eigenvalue weighted by atomic mass is 16.7. The van der Waals surface area contributed by atoms with Gasteiger partial charge >= 0.3 is 5.97 Å². The Hall–Kier alpha value is -1.65. The Kier molecular flexibility index (Phi) is 3.12. The van der Waals surface area contributed by atoms with E-state index in [-0.39, 0.29) is 18.8 Å². The number of fused-ring (bicyclic) bond motifs is 1. The van der Waals surface area contributed by atoms with Crippen molar-refractivity contribution in [1.82, 2.24) is 5.06 Å². The molecule has 2 aliphatic carbocycles. The fourth-order valence-corrected chi connectivity index (χ4v) is 3.20. The van der Waals surface area contributed by atoms with Gasteiger partial charge in [0.05, 0.1) is 5.92 Å². The zero-order valence-corrected chi connectivity index (χ0v) is 10.7. The van der Waals surface area contributed by atoms with Gasteiger partial charge in [-0.05, 0) is 37.5 Å². The fraction of sp³-hybridized carbons (Fsp3) is 0.643. The van der Waals surface area contributed by atoms with Crippen molar-refractivity contribution in [3.63, 3.8) is 0 Å². The maximum atomic E-state index is 12.1. The average molecular weight is 263 g/mol. The summed E-state index contributed by atoms with van der Waals surface area (Å²) in [6.07, 6.45) is 8.57. The monoisotopic (exact) mass is 263 g/mol. The van der Waals surface area contributed by atoms with E-state index >= 15 is 0 Å². The lowest BCUT2D eigenvalue weighted by atomic mass is 10.1. The third kappa shape index (κ3) is 2.29. The highest BCUT2D eigenvalue weighted by Gasteiger charge is 2.55. The summed E-state index contributed by atoms with van der Waals surface area (Å²) in [6, 6.07) is 0. The molecule has 19 heavy (non-hydrogen) atoms. The van der Waals surface area contributed by atoms with Gasteiger partial charge in [0.25, 0.3) is 11.8 Å². The summed E-state index contributed by atoms with van der Waals surface area (Å²) >= 11 is 0. The predicted octanol–water partition coefficient (Wildman–Crippen LogP) is 1.59. The molecular formula is C14H17NO4. The van der Waals surface area contributed by atoms with Gasteiger partial charge in [-0.2, -0.15) is 0 Å². The summed E-state index contributed by atoms with van der Waals surface area (Å²) in [4.78, 5) is 39.9. The molecule has 0 aromatic rings. The molecule has 0 radical (unpaired) electrons. The van der Waals surface area contributed by atoms with Crippen LogP contribution in [0.2, 0.25) is 0 Å². The summed E-state index contributed by atoms with van der Waals surface area (Å²) in [5.41, 5.74) is 0. The van der Waals surface area contributed by atoms with Crippen molar-refractivity contribution in [2.45, 2.75) is 38.5 Å². The molecule has 0 aromatic heterocycles. The van der Waals surface area contributed by atoms with Crippen LogP contribution in [-0.4, -0.2) is 22.8 Å². The van der Waals surface area contributed by atoms with Gasteiger partial charge in [0, 0.05) is 12.8 Å². The van der Waals surface area contributed by atoms with Crippen LogP contribution in [0.25, 0.3) is 0 Å². The smallest absolute Gasteiger partial charge is 0.330 e. The summed E-state index contributed by atoms with van der Waals surface area (Å²) < 4.78 is 0. The fourth-order valence-electron chi connectivity index (χ4n) is 3.20. The number of hydroxylamine groups is 2. The van der Waals surface area contributed by atoms with Crippen LogP contribution in [0.4, 0.5) is 0 Å². The molecular weight excluding hydrogens is 246 g/mol. The van der Waals surface area contributed by atoms with Crippen LogP contribution in [0.3, 0.4) is 0 Å². The molecule has 2 unspecified atom stereocenters. The van der Waals surface area contributed by atoms with Crippen LogP contribution < -0.4 is 0 Å². The maximum absolute atomic E-state index is 12.1. The molecule has 1 saturated heterocycles. The Bertz CT molecular complexity index is 424. The highest BCUT2D eigenvalue weighted by molar-refractivity contribution is 6.01. The number of nitrogens with zero attached hydrogens (tertiary/aromatic N) is 1. The first-order valence-electron chi connectivity index (χ1n) is 6.91. The minimum atomic E-state index is -0.405. The molecule has 5 heteroatoms. The Morgan fingerprint density at radius 3 is 2.11 bits per heavy atom. The summed E-state index contributed by atoms with van der Waals surface area (Å²) in [5.74, 6) is -0.603. The molecule has 3 aliphatic rings. The molecule has 1 heterocycles. The van der Waals surface area contributed by atoms with Crippen LogP contribution >= 0.6 is 0 Å². The van der Waals surface area contributed by atoms with E-state index in [9.17, 15) is 14.4 Å². The Morgan fingerprint density at radius 2 is 1.58 bits per heavy atom. The molecule has 1 saturated carbocycles. The molecule has 3 rings (SSSR count). The van der Waals surface area contributed by atoms with Crippen molar-refractivity contribution in [3.05, 3.63) is 12.2 Å². The largest absolute Gasteiger partial charge is 0.336 e. The van der Waals surface area contributed by atoms with E-state index in [1.807, 2.05) is 0 Å². The van der Waals surface area contributed by atoms with Crippen LogP contribution in [0.1, 0.15) is 38.5 Å². The van der Waals surface area contributed by atoms with Crippen molar-refractivity contribution in [3.8, 4) is 0 Å². The van der Waals surface area contributed by atoms with Crippen molar-refractivity contribution < 1.29 is 19.2 Å². The van der Waals surface area contributed by atoms with Gasteiger partial charge in [-0.3, -0.25) is 9.59 Å². The second-order valence-electron chi connectivity index (χ2n) is 5.47. The maximum Gasteiger partial charge on any atom is 0.336 e. The lowest BCUT2D eigenvalue weighted by Crippen LogP contribution is -2.33. The van der Waals surface area contributed by atoms with Crippen LogP contribution in [-0.2, 0) is 19.2 Å². The van der Waals surface area contributed by atoms with E-state index in [4.69, 9.17) is 4.84 Å². The first kappa shape index (κ1) is 12.4. The quantitative estimate of drug-likeness (QED) is 0.560. The van der Waals surface area contributed by atoms with Crippen molar-refractivity contribution in [2.24, 2.45) is 17.8 Å². The molecule has 1 aliphatic heterocycles. The number of allylic oxidation sites excluding steroid dienone is 2. The topological polar surface area (TPSA) is 63.7 Å². The van der Waals surface area contributed by atoms with E-state index in [0.29, 0.717) is 16.9 Å². The zero-order valence-electron chi connectivity index (χ0n) is 10.7. The number of amides is 2. The first-order chi connectivity index (χ1) is 9.18. The lowest BCUT2D eigenvalue weighted by Gasteiger charge is -2.12. The number of rotatable bonds is 2. The number of hydrogen-bond donors (Lipinski definition) is 0. The van der Waals surface area contributed by atoms with Crippen molar-refractivity contribution in [1.29, 1.82) is 0 Å². The van der Waals surface area contributed by atoms with Crippen molar-refractivity contribution in [2.75, 3.05) is 0 Å². The number of hydrogen-bond acceptors (Lipinski definition) is 4. The summed E-state index contributed by atoms with van der Waals surface area (Å²) in [7, 11) is 0. The van der Waals surface area contributed by atoms with E-state index in [1.165, 1.54) is 0 Å². The van der Waals surface area contributed by atoms with Crippen LogP contribution in [0.5, 0.6) is 0 Å². The Labute approximate surface area is 111 Å². The molecule has 2 amide bonds. The van der Waals surface area contributed by atoms with E-state index in [0.717, 1.165) is 25.7 Å². The molecule has 0 spiro atoms. The van der Waals surface area contributed by atoms with Crippen LogP contribution in [0, 0.1) is 17.8 Å². The SMILES string of the molecule is O=C(ON1C(=O)CCC1=O)C1C2CC/C=C/CCC21. The lowest BCUT2D eigenvalue weighted by molar-refractivity contribution is -0.199. The number of imide groups is 1. The molecule has 0 aromatic carbocycles. The van der Waals surface area contributed by atoms with Gasteiger partial charge < -0.3 is 4.84 Å². The summed E-state index contributed by atoms with van der Waals surface area (Å²) in [5, 5.41) is 0.659. The van der Waals surface area contributed by atoms with Crippen molar-refractivity contribution >= 4 is 17.8 Å². The van der Waals surface area contributed by atoms with Gasteiger partial charge in [0.1, 0.15) is 0 Å². The van der Waals surface area contributed by atoms with E-state index < -0.39 is 17.8 Å². The third-order valence-corrected chi connectivity index (χ3v) is 4.29. The highest BCUT2D eigenvalue weighted by Crippen LogP contribution is 2.53. The molecule has 0 bridgehead atoms. The van der Waals surface area contributed by atoms with Gasteiger partial charge in [0.15, 0.2) is 0 Å². The average Bonchev–Trinajstić information content (AvgIpc) is 2.94. The van der Waals surface area contributed by atoms with E-state index in [1.54, 1.807) is 0 Å². The molecule has 2 fully saturated rings. The summed E-state index contributed by atoms with van der Waals surface area (Å²) in [6.45, 7) is 0. The van der Waals surface area contributed by atoms with Gasteiger partial charge in [0.2, 0.25) is 0 Å². The number of carbonyl (C=O) groups excluding carboxylic acids is 3. The normalized spacial score (nSPS) is 35.4. The number of carbonyl (C=O) groups is 3. The predicted molar refractivity (Wildman–Crippen MR) is 65.3 cm³/mol. The van der Waals surface area contributed by atoms with Crippen LogP contribution in [0.15, 0.2) is 12.2 Å². The van der Waals surface area contributed by atoms with Gasteiger partial charge in [-0.25, -0.2) is 4.79 Å². The molecule has 2 atom stereocenters. The zero-order chi connectivity index (χ0) is 13.4. The first-order valence-corrected chi connectivity index (χ1v) is 6.91. The minimum absolute atomic E-state index is 0.124. The van der Waals surface area contributed by atoms with Gasteiger partial charge in [-0.1, -0.05) is 12.2 Å². The molecule has 102 valence electrons. The Balaban J connectivity index is 1.60. The Morgan fingerprint density at radius 1 is 1.05 bits per heavy atom.